The van der Waals surface area contributed by atoms with Crippen molar-refractivity contribution in [3.63, 3.8) is 0 Å². The van der Waals surface area contributed by atoms with E-state index >= 15 is 0 Å². The van der Waals surface area contributed by atoms with E-state index in [1.807, 2.05) is 0 Å². The van der Waals surface area contributed by atoms with Crippen LogP contribution >= 0.6 is 0 Å². The summed E-state index contributed by atoms with van der Waals surface area (Å²) >= 11 is 0. The van der Waals surface area contributed by atoms with Crippen molar-refractivity contribution >= 4 is 27.6 Å². The van der Waals surface area contributed by atoms with Gasteiger partial charge < -0.3 is 14.8 Å². The Morgan fingerprint density at radius 3 is 2.32 bits per heavy atom. The van der Waals surface area contributed by atoms with E-state index in [1.165, 1.54) is 32.3 Å². The maximum absolute atomic E-state index is 12.3. The molecule has 0 fully saturated rings. The molecule has 0 aliphatic carbocycles. The molecule has 1 aromatic carbocycles. The lowest BCUT2D eigenvalue weighted by molar-refractivity contribution is 0.0695. The van der Waals surface area contributed by atoms with Crippen molar-refractivity contribution in [3.05, 3.63) is 46.7 Å². The maximum Gasteiger partial charge on any atom is 0.336 e. The molecule has 2 rings (SSSR count). The number of carboxylic acids is 1. The fourth-order valence-electron chi connectivity index (χ4n) is 2.16. The first kappa shape index (κ1) is 18.7. The van der Waals surface area contributed by atoms with Crippen LogP contribution in [-0.4, -0.2) is 43.8 Å². The molecule has 2 N–H and O–H groups in total. The van der Waals surface area contributed by atoms with Gasteiger partial charge in [-0.25, -0.2) is 17.5 Å². The molecule has 25 heavy (non-hydrogen) atoms. The molecule has 2 aromatic rings. The van der Waals surface area contributed by atoms with Gasteiger partial charge in [-0.3, -0.25) is 4.79 Å². The molecule has 8 nitrogen and oxygen atoms in total. The lowest BCUT2D eigenvalue weighted by atomic mass is 10.0. The number of benzene rings is 1. The molecule has 0 saturated carbocycles. The normalized spacial score (nSPS) is 11.6. The minimum Gasteiger partial charge on any atom is -0.478 e. The van der Waals surface area contributed by atoms with Crippen LogP contribution in [0.5, 0.6) is 0 Å². The van der Waals surface area contributed by atoms with Crippen LogP contribution in [0.4, 0.5) is 5.69 Å². The second kappa shape index (κ2) is 6.69. The monoisotopic (exact) mass is 366 g/mol. The number of sulfonamides is 1. The standard InChI is InChI=1S/C16H18N2O6S/c1-9-7-10(2)12(8-11(9)16(20)21)17-15(19)13-5-6-14(24-13)25(22,23)18(3)4/h5-8H,1-4H3,(H,17,19)(H,20,21). The van der Waals surface area contributed by atoms with Crippen LogP contribution in [0.1, 0.15) is 32.0 Å². The number of amides is 1. The molecule has 1 amide bonds. The van der Waals surface area contributed by atoms with E-state index in [-0.39, 0.29) is 16.4 Å². The van der Waals surface area contributed by atoms with Crippen molar-refractivity contribution in [3.8, 4) is 0 Å². The predicted octanol–water partition coefficient (Wildman–Crippen LogP) is 2.10. The van der Waals surface area contributed by atoms with Crippen LogP contribution in [0.2, 0.25) is 0 Å². The summed E-state index contributed by atoms with van der Waals surface area (Å²) in [7, 11) is -1.09. The van der Waals surface area contributed by atoms with Crippen molar-refractivity contribution in [1.29, 1.82) is 0 Å². The van der Waals surface area contributed by atoms with Gasteiger partial charge in [-0.1, -0.05) is 6.07 Å². The van der Waals surface area contributed by atoms with Crippen molar-refractivity contribution < 1.29 is 27.5 Å². The summed E-state index contributed by atoms with van der Waals surface area (Å²) in [5.74, 6) is -1.98. The minimum atomic E-state index is -3.79. The largest absolute Gasteiger partial charge is 0.478 e. The molecule has 0 spiro atoms. The molecule has 0 bridgehead atoms. The molecule has 1 heterocycles. The second-order valence-electron chi connectivity index (χ2n) is 5.65. The van der Waals surface area contributed by atoms with Crippen molar-refractivity contribution in [2.45, 2.75) is 18.9 Å². The van der Waals surface area contributed by atoms with E-state index in [0.29, 0.717) is 16.8 Å². The molecule has 0 unspecified atom stereocenters. The van der Waals surface area contributed by atoms with Gasteiger partial charge in [-0.2, -0.15) is 0 Å². The Morgan fingerprint density at radius 1 is 1.12 bits per heavy atom. The summed E-state index contributed by atoms with van der Waals surface area (Å²) in [5.41, 5.74) is 1.61. The molecule has 0 atom stereocenters. The van der Waals surface area contributed by atoms with Gasteiger partial charge in [0, 0.05) is 19.8 Å². The van der Waals surface area contributed by atoms with E-state index in [9.17, 15) is 23.1 Å². The van der Waals surface area contributed by atoms with E-state index in [1.54, 1.807) is 19.9 Å². The van der Waals surface area contributed by atoms with Gasteiger partial charge in [0.25, 0.3) is 15.9 Å². The Balaban J connectivity index is 2.31. The number of carbonyl (C=O) groups excluding carboxylic acids is 1. The molecule has 9 heteroatoms. The summed E-state index contributed by atoms with van der Waals surface area (Å²) in [6.45, 7) is 3.38. The lowest BCUT2D eigenvalue weighted by Gasteiger charge is -2.11. The van der Waals surface area contributed by atoms with Gasteiger partial charge in [0.05, 0.1) is 5.56 Å². The molecular weight excluding hydrogens is 348 g/mol. The first-order valence-corrected chi connectivity index (χ1v) is 8.66. The van der Waals surface area contributed by atoms with Crippen LogP contribution < -0.4 is 5.32 Å². The molecule has 0 saturated heterocycles. The third-order valence-electron chi connectivity index (χ3n) is 3.59. The Kier molecular flexibility index (Phi) is 5.00. The molecular formula is C16H18N2O6S. The molecule has 0 aliphatic heterocycles. The van der Waals surface area contributed by atoms with Gasteiger partial charge in [-0.15, -0.1) is 0 Å². The first-order valence-electron chi connectivity index (χ1n) is 7.22. The number of carboxylic acid groups (broad SMARTS) is 1. The molecule has 1 aromatic heterocycles. The van der Waals surface area contributed by atoms with Crippen molar-refractivity contribution in [1.82, 2.24) is 4.31 Å². The number of furan rings is 1. The zero-order valence-electron chi connectivity index (χ0n) is 14.2. The highest BCUT2D eigenvalue weighted by Gasteiger charge is 2.24. The number of hydrogen-bond acceptors (Lipinski definition) is 5. The van der Waals surface area contributed by atoms with E-state index in [0.717, 1.165) is 4.31 Å². The topological polar surface area (TPSA) is 117 Å². The summed E-state index contributed by atoms with van der Waals surface area (Å²) < 4.78 is 30.0. The number of nitrogens with one attached hydrogen (secondary N) is 1. The number of anilines is 1. The summed E-state index contributed by atoms with van der Waals surface area (Å²) in [6.07, 6.45) is 0. The van der Waals surface area contributed by atoms with Crippen LogP contribution in [-0.2, 0) is 10.0 Å². The third kappa shape index (κ3) is 3.72. The van der Waals surface area contributed by atoms with Gasteiger partial charge >= 0.3 is 5.97 Å². The van der Waals surface area contributed by atoms with Crippen LogP contribution in [0.3, 0.4) is 0 Å². The number of aryl methyl sites for hydroxylation is 2. The maximum atomic E-state index is 12.3. The molecule has 134 valence electrons. The number of nitrogens with zero attached hydrogens (tertiary/aromatic N) is 1. The summed E-state index contributed by atoms with van der Waals surface area (Å²) in [4.78, 5) is 23.5. The highest BCUT2D eigenvalue weighted by Crippen LogP contribution is 2.23. The van der Waals surface area contributed by atoms with E-state index in [2.05, 4.69) is 5.32 Å². The molecule has 0 radical (unpaired) electrons. The fraction of sp³-hybridized carbons (Fsp3) is 0.250. The van der Waals surface area contributed by atoms with Gasteiger partial charge in [0.15, 0.2) is 5.76 Å². The van der Waals surface area contributed by atoms with Crippen molar-refractivity contribution in [2.75, 3.05) is 19.4 Å². The van der Waals surface area contributed by atoms with Gasteiger partial charge in [0.1, 0.15) is 0 Å². The zero-order chi connectivity index (χ0) is 18.9. The van der Waals surface area contributed by atoms with Gasteiger partial charge in [0.2, 0.25) is 5.09 Å². The highest BCUT2D eigenvalue weighted by molar-refractivity contribution is 7.88. The van der Waals surface area contributed by atoms with E-state index < -0.39 is 21.9 Å². The fourth-order valence-corrected chi connectivity index (χ4v) is 2.96. The average Bonchev–Trinajstić information content (AvgIpc) is 3.00. The summed E-state index contributed by atoms with van der Waals surface area (Å²) in [5, 5.41) is 11.4. The lowest BCUT2D eigenvalue weighted by Crippen LogP contribution is -2.21. The zero-order valence-corrected chi connectivity index (χ0v) is 15.0. The number of rotatable bonds is 5. The SMILES string of the molecule is Cc1cc(C)c(C(=O)O)cc1NC(=O)c1ccc(S(=O)(=O)N(C)C)o1. The van der Waals surface area contributed by atoms with Gasteiger partial charge in [-0.05, 0) is 43.2 Å². The minimum absolute atomic E-state index is 0.0659. The quantitative estimate of drug-likeness (QED) is 0.837. The average molecular weight is 366 g/mol. The summed E-state index contributed by atoms with van der Waals surface area (Å²) in [6, 6.07) is 5.43. The molecule has 0 aliphatic rings. The van der Waals surface area contributed by atoms with Crippen LogP contribution in [0.15, 0.2) is 33.8 Å². The van der Waals surface area contributed by atoms with E-state index in [4.69, 9.17) is 4.42 Å². The second-order valence-corrected chi connectivity index (χ2v) is 7.73. The number of hydrogen-bond donors (Lipinski definition) is 2. The third-order valence-corrected chi connectivity index (χ3v) is 5.28. The van der Waals surface area contributed by atoms with Crippen molar-refractivity contribution in [2.24, 2.45) is 0 Å². The highest BCUT2D eigenvalue weighted by atomic mass is 32.2. The Morgan fingerprint density at radius 2 is 1.76 bits per heavy atom. The predicted molar refractivity (Wildman–Crippen MR) is 90.4 cm³/mol. The van der Waals surface area contributed by atoms with Crippen LogP contribution in [0, 0.1) is 13.8 Å². The Hall–Kier alpha value is -2.65. The number of carbonyl (C=O) groups is 2. The number of aromatic carboxylic acids is 1. The Bertz CT molecular complexity index is 944. The van der Waals surface area contributed by atoms with Crippen LogP contribution in [0.25, 0.3) is 0 Å². The smallest absolute Gasteiger partial charge is 0.336 e. The first-order chi connectivity index (χ1) is 11.5. The Labute approximate surface area is 145 Å².